The Labute approximate surface area is 205 Å². The predicted molar refractivity (Wildman–Crippen MR) is 62.7 cm³/mol. The average Bonchev–Trinajstić information content (AvgIpc) is 2.58. The van der Waals surface area contributed by atoms with Gasteiger partial charge in [0.2, 0.25) is 0 Å². The summed E-state index contributed by atoms with van der Waals surface area (Å²) in [6, 6.07) is -6.46. The van der Waals surface area contributed by atoms with Crippen molar-refractivity contribution in [3.8, 4) is 0 Å². The molecule has 0 aliphatic rings. The summed E-state index contributed by atoms with van der Waals surface area (Å²) in [4.78, 5) is 9.81. The van der Waals surface area contributed by atoms with Crippen molar-refractivity contribution in [1.29, 1.82) is 0 Å². The van der Waals surface area contributed by atoms with Crippen molar-refractivity contribution < 1.29 is 131 Å². The number of sulfonamides is 1. The molecule has 0 aromatic heterocycles. The Morgan fingerprint density at radius 1 is 0.528 bits per heavy atom. The van der Waals surface area contributed by atoms with Gasteiger partial charge in [-0.25, -0.2) is 8.42 Å². The second-order valence-electron chi connectivity index (χ2n) is 5.93. The van der Waals surface area contributed by atoms with E-state index in [1.54, 1.807) is 0 Å². The Morgan fingerprint density at radius 2 is 0.778 bits per heavy atom. The average molecular weight is 615 g/mol. The third kappa shape index (κ3) is 4.92. The number of aliphatic carboxylic acids is 1. The topological polar surface area (TPSA) is 86.3 Å². The van der Waals surface area contributed by atoms with Gasteiger partial charge in [0.25, 0.3) is 10.0 Å². The summed E-state index contributed by atoms with van der Waals surface area (Å²) in [6.07, 6.45) is -8.01. The van der Waals surface area contributed by atoms with Gasteiger partial charge in [-0.15, -0.1) is 4.72 Å². The molecule has 0 unspecified atom stereocenters. The monoisotopic (exact) mass is 615 g/mol. The van der Waals surface area contributed by atoms with Crippen molar-refractivity contribution in [1.82, 2.24) is 4.72 Å². The van der Waals surface area contributed by atoms with Crippen molar-refractivity contribution in [3.63, 3.8) is 0 Å². The van der Waals surface area contributed by atoms with Crippen LogP contribution in [0.15, 0.2) is 0 Å². The van der Waals surface area contributed by atoms with Crippen LogP contribution in [0.1, 0.15) is 0 Å². The Balaban J connectivity index is 0. The van der Waals surface area contributed by atoms with Gasteiger partial charge in [0.1, 0.15) is 5.97 Å². The Bertz CT molecular complexity index is 942. The van der Waals surface area contributed by atoms with Crippen LogP contribution >= 0.6 is 0 Å². The molecule has 0 rings (SSSR count). The molecule has 5 nitrogen and oxygen atoms in total. The van der Waals surface area contributed by atoms with Crippen molar-refractivity contribution in [3.05, 3.63) is 0 Å². The molecule has 1 N–H and O–H groups in total. The molecule has 36 heavy (non-hydrogen) atoms. The molecule has 0 heterocycles. The van der Waals surface area contributed by atoms with Gasteiger partial charge < -0.3 is 9.90 Å². The molecule has 0 amide bonds. The van der Waals surface area contributed by atoms with Crippen LogP contribution in [0.2, 0.25) is 0 Å². The first-order valence-electron chi connectivity index (χ1n) is 6.99. The van der Waals surface area contributed by atoms with E-state index < -0.39 is 73.7 Å². The first-order valence-corrected chi connectivity index (χ1v) is 8.47. The van der Waals surface area contributed by atoms with Crippen LogP contribution in [0.25, 0.3) is 0 Å². The van der Waals surface area contributed by atoms with Crippen molar-refractivity contribution in [2.24, 2.45) is 0 Å². The standard InChI is InChI=1S/C10H2F19NO4S.Na/c11-2(12,1(31)32)30-35(33,34)10(28,29)8(23,24)6(19,20)4(15,16)3(13,14)5(17,18)7(21,22)9(25,26)27;/h30H,(H,31,32);/q;+1/p-1. The van der Waals surface area contributed by atoms with E-state index in [-0.39, 0.29) is 29.6 Å². The molecule has 0 spiro atoms. The van der Waals surface area contributed by atoms with Gasteiger partial charge in [-0.05, 0) is 0 Å². The minimum atomic E-state index is -9.16. The van der Waals surface area contributed by atoms with Crippen LogP contribution in [0.5, 0.6) is 0 Å². The van der Waals surface area contributed by atoms with E-state index in [1.165, 1.54) is 0 Å². The van der Waals surface area contributed by atoms with Crippen molar-refractivity contribution >= 4 is 16.0 Å². The number of carbonyl (C=O) groups is 1. The number of carbonyl (C=O) groups excluding carboxylic acids is 1. The molecule has 0 aliphatic heterocycles. The molecule has 0 saturated carbocycles. The number of nitrogens with one attached hydrogen (secondary N) is 1. The molecule has 0 atom stereocenters. The van der Waals surface area contributed by atoms with Gasteiger partial charge in [0, 0.05) is 0 Å². The molecule has 0 aliphatic carbocycles. The van der Waals surface area contributed by atoms with Crippen LogP contribution in [-0.2, 0) is 14.8 Å². The van der Waals surface area contributed by atoms with E-state index in [9.17, 15) is 102 Å². The first-order chi connectivity index (χ1) is 14.7. The number of halogens is 19. The van der Waals surface area contributed by atoms with Crippen LogP contribution < -0.4 is 39.4 Å². The van der Waals surface area contributed by atoms with Crippen LogP contribution in [0.3, 0.4) is 0 Å². The summed E-state index contributed by atoms with van der Waals surface area (Å²) in [6.45, 7) is 0. The summed E-state index contributed by atoms with van der Waals surface area (Å²) in [7, 11) is -8.47. The fourth-order valence-corrected chi connectivity index (χ4v) is 2.61. The SMILES string of the molecule is O=C([O-])C(F)(F)NS(=O)(=O)C(F)(F)C(F)(F)C(F)(F)C(F)(F)C(F)(F)C(F)(F)C(F)(F)C(F)(F)F.[Na+]. The van der Waals surface area contributed by atoms with Crippen molar-refractivity contribution in [2.45, 2.75) is 53.0 Å². The summed E-state index contributed by atoms with van der Waals surface area (Å²) >= 11 is 0. The summed E-state index contributed by atoms with van der Waals surface area (Å²) < 4.78 is 266. The Hall–Kier alpha value is -0.950. The third-order valence-corrected chi connectivity index (χ3v) is 5.01. The first kappa shape index (κ1) is 37.2. The van der Waals surface area contributed by atoms with Gasteiger partial charge in [0.05, 0.1) is 0 Å². The zero-order valence-electron chi connectivity index (χ0n) is 15.7. The fourth-order valence-electron chi connectivity index (χ4n) is 1.59. The summed E-state index contributed by atoms with van der Waals surface area (Å²) in [5.74, 6) is -57.6. The van der Waals surface area contributed by atoms with E-state index in [4.69, 9.17) is 0 Å². The molecule has 0 saturated heterocycles. The number of rotatable bonds is 10. The molecule has 210 valence electrons. The minimum Gasteiger partial charge on any atom is -0.543 e. The number of alkyl halides is 19. The molecular formula is C10HF19NNaO4S. The third-order valence-electron chi connectivity index (χ3n) is 3.55. The number of hydrogen-bond donors (Lipinski definition) is 1. The van der Waals surface area contributed by atoms with Gasteiger partial charge in [0.15, 0.2) is 0 Å². The zero-order valence-corrected chi connectivity index (χ0v) is 18.5. The Morgan fingerprint density at radius 3 is 1.03 bits per heavy atom. The van der Waals surface area contributed by atoms with E-state index in [0.717, 1.165) is 0 Å². The maximum atomic E-state index is 13.4. The van der Waals surface area contributed by atoms with Crippen molar-refractivity contribution in [2.75, 3.05) is 0 Å². The largest absolute Gasteiger partial charge is 1.00 e. The summed E-state index contributed by atoms with van der Waals surface area (Å²) in [5, 5.41) is 1.48. The van der Waals surface area contributed by atoms with E-state index >= 15 is 0 Å². The number of hydrogen-bond acceptors (Lipinski definition) is 4. The van der Waals surface area contributed by atoms with Gasteiger partial charge in [-0.1, -0.05) is 0 Å². The number of carboxylic acid groups (broad SMARTS) is 1. The molecule has 0 fully saturated rings. The normalized spacial score (nSPS) is 16.0. The molecular weight excluding hydrogens is 614 g/mol. The molecule has 0 aromatic rings. The summed E-state index contributed by atoms with van der Waals surface area (Å²) in [5.41, 5.74) is 0. The number of carboxylic acids is 1. The second kappa shape index (κ2) is 9.36. The molecule has 0 aromatic carbocycles. The zero-order chi connectivity index (χ0) is 29.3. The smallest absolute Gasteiger partial charge is 0.543 e. The second-order valence-corrected chi connectivity index (χ2v) is 7.65. The fraction of sp³-hybridized carbons (Fsp3) is 0.900. The predicted octanol–water partition coefficient (Wildman–Crippen LogP) is 0.219. The van der Waals surface area contributed by atoms with Crippen LogP contribution in [-0.4, -0.2) is 67.4 Å². The van der Waals surface area contributed by atoms with E-state index in [0.29, 0.717) is 0 Å². The van der Waals surface area contributed by atoms with E-state index in [2.05, 4.69) is 0 Å². The molecule has 26 heteroatoms. The Kier molecular flexibility index (Phi) is 9.67. The van der Waals surface area contributed by atoms with E-state index in [1.807, 2.05) is 0 Å². The van der Waals surface area contributed by atoms with Gasteiger partial charge in [-0.2, -0.15) is 83.4 Å². The van der Waals surface area contributed by atoms with Crippen LogP contribution in [0, 0.1) is 0 Å². The maximum Gasteiger partial charge on any atom is 1.00 e. The molecule has 0 bridgehead atoms. The van der Waals surface area contributed by atoms with Gasteiger partial charge >= 0.3 is 82.6 Å². The quantitative estimate of drug-likeness (QED) is 0.217. The maximum absolute atomic E-state index is 13.4. The minimum absolute atomic E-state index is 0. The molecule has 0 radical (unpaired) electrons. The van der Waals surface area contributed by atoms with Gasteiger partial charge in [-0.3, -0.25) is 0 Å². The van der Waals surface area contributed by atoms with Crippen LogP contribution in [0.4, 0.5) is 83.4 Å².